The van der Waals surface area contributed by atoms with Gasteiger partial charge in [-0.15, -0.1) is 0 Å². The van der Waals surface area contributed by atoms with E-state index < -0.39 is 6.10 Å². The molecule has 1 aromatic rings. The van der Waals surface area contributed by atoms with Gasteiger partial charge in [0.2, 0.25) is 0 Å². The van der Waals surface area contributed by atoms with Crippen molar-refractivity contribution in [2.24, 2.45) is 11.3 Å². The summed E-state index contributed by atoms with van der Waals surface area (Å²) in [4.78, 5) is 0. The van der Waals surface area contributed by atoms with Crippen LogP contribution in [0.1, 0.15) is 45.8 Å². The van der Waals surface area contributed by atoms with Crippen molar-refractivity contribution < 1.29 is 9.84 Å². The molecule has 0 heterocycles. The van der Waals surface area contributed by atoms with E-state index in [0.717, 1.165) is 22.2 Å². The number of methoxy groups -OCH3 is 1. The van der Waals surface area contributed by atoms with E-state index in [0.29, 0.717) is 5.92 Å². The molecule has 0 aliphatic rings. The van der Waals surface area contributed by atoms with E-state index in [1.54, 1.807) is 7.11 Å². The first kappa shape index (κ1) is 15.5. The van der Waals surface area contributed by atoms with Gasteiger partial charge < -0.3 is 9.84 Å². The van der Waals surface area contributed by atoms with Crippen LogP contribution in [0, 0.1) is 11.3 Å². The second-order valence-corrected chi connectivity index (χ2v) is 6.77. The van der Waals surface area contributed by atoms with Gasteiger partial charge in [-0.2, -0.15) is 0 Å². The molecule has 0 aliphatic heterocycles. The number of halogens is 1. The molecule has 0 spiro atoms. The van der Waals surface area contributed by atoms with Gasteiger partial charge in [-0.05, 0) is 51.4 Å². The molecular formula is C15H23BrO2. The van der Waals surface area contributed by atoms with Crippen LogP contribution < -0.4 is 4.74 Å². The Labute approximate surface area is 118 Å². The van der Waals surface area contributed by atoms with Crippen molar-refractivity contribution >= 4 is 15.9 Å². The zero-order chi connectivity index (χ0) is 13.9. The minimum atomic E-state index is -0.429. The molecule has 1 N–H and O–H groups in total. The molecule has 0 amide bonds. The van der Waals surface area contributed by atoms with Gasteiger partial charge in [-0.3, -0.25) is 0 Å². The van der Waals surface area contributed by atoms with Crippen LogP contribution in [0.15, 0.2) is 22.7 Å². The minimum Gasteiger partial charge on any atom is -0.496 e. The molecule has 2 atom stereocenters. The predicted molar refractivity (Wildman–Crippen MR) is 78.9 cm³/mol. The maximum atomic E-state index is 10.3. The quantitative estimate of drug-likeness (QED) is 0.882. The normalized spacial score (nSPS) is 15.3. The van der Waals surface area contributed by atoms with Crippen LogP contribution in [-0.4, -0.2) is 12.2 Å². The van der Waals surface area contributed by atoms with E-state index in [4.69, 9.17) is 4.74 Å². The lowest BCUT2D eigenvalue weighted by molar-refractivity contribution is 0.110. The fraction of sp³-hybridized carbons (Fsp3) is 0.600. The monoisotopic (exact) mass is 314 g/mol. The topological polar surface area (TPSA) is 29.5 Å². The molecule has 0 fully saturated rings. The largest absolute Gasteiger partial charge is 0.496 e. The number of aliphatic hydroxyl groups excluding tert-OH is 1. The Morgan fingerprint density at radius 3 is 2.39 bits per heavy atom. The number of hydrogen-bond acceptors (Lipinski definition) is 2. The Morgan fingerprint density at radius 2 is 1.94 bits per heavy atom. The van der Waals surface area contributed by atoms with Gasteiger partial charge in [0.15, 0.2) is 0 Å². The lowest BCUT2D eigenvalue weighted by Crippen LogP contribution is -2.19. The summed E-state index contributed by atoms with van der Waals surface area (Å²) in [6, 6.07) is 5.73. The highest BCUT2D eigenvalue weighted by molar-refractivity contribution is 9.10. The van der Waals surface area contributed by atoms with E-state index in [2.05, 4.69) is 43.6 Å². The molecule has 0 saturated carbocycles. The van der Waals surface area contributed by atoms with Crippen LogP contribution in [-0.2, 0) is 0 Å². The van der Waals surface area contributed by atoms with Crippen molar-refractivity contribution in [2.45, 2.75) is 40.2 Å². The molecule has 2 unspecified atom stereocenters. The highest BCUT2D eigenvalue weighted by Gasteiger charge is 2.23. The van der Waals surface area contributed by atoms with Crippen LogP contribution in [0.2, 0.25) is 0 Å². The Bertz CT molecular complexity index is 396. The molecule has 18 heavy (non-hydrogen) atoms. The first-order chi connectivity index (χ1) is 8.25. The van der Waals surface area contributed by atoms with E-state index in [1.165, 1.54) is 0 Å². The zero-order valence-corrected chi connectivity index (χ0v) is 13.4. The lowest BCUT2D eigenvalue weighted by atomic mass is 9.78. The van der Waals surface area contributed by atoms with Crippen molar-refractivity contribution in [1.82, 2.24) is 0 Å². The van der Waals surface area contributed by atoms with Crippen molar-refractivity contribution in [1.29, 1.82) is 0 Å². The number of aliphatic hydroxyl groups is 1. The first-order valence-electron chi connectivity index (χ1n) is 6.27. The van der Waals surface area contributed by atoms with Gasteiger partial charge in [0, 0.05) is 0 Å². The standard InChI is InChI=1S/C15H23BrO2/c1-10(15(2,3)4)8-13(17)11-6-7-14(18-5)12(16)9-11/h6-7,9-10,13,17H,8H2,1-5H3. The van der Waals surface area contributed by atoms with E-state index in [9.17, 15) is 5.11 Å². The third kappa shape index (κ3) is 3.99. The van der Waals surface area contributed by atoms with Crippen molar-refractivity contribution in [3.63, 3.8) is 0 Å². The molecule has 0 radical (unpaired) electrons. The van der Waals surface area contributed by atoms with E-state index in [1.807, 2.05) is 18.2 Å². The Kier molecular flexibility index (Phi) is 5.23. The summed E-state index contributed by atoms with van der Waals surface area (Å²) in [6.07, 6.45) is 0.337. The van der Waals surface area contributed by atoms with Crippen LogP contribution in [0.5, 0.6) is 5.75 Å². The molecular weight excluding hydrogens is 292 g/mol. The second-order valence-electron chi connectivity index (χ2n) is 5.91. The molecule has 102 valence electrons. The van der Waals surface area contributed by atoms with Crippen LogP contribution in [0.4, 0.5) is 0 Å². The summed E-state index contributed by atoms with van der Waals surface area (Å²) in [5.41, 5.74) is 1.14. The van der Waals surface area contributed by atoms with Crippen molar-refractivity contribution in [2.75, 3.05) is 7.11 Å². The third-order valence-corrected chi connectivity index (χ3v) is 4.24. The minimum absolute atomic E-state index is 0.213. The lowest BCUT2D eigenvalue weighted by Gasteiger charge is -2.29. The van der Waals surface area contributed by atoms with Crippen LogP contribution in [0.25, 0.3) is 0 Å². The molecule has 3 heteroatoms. The molecule has 0 aromatic heterocycles. The number of benzene rings is 1. The summed E-state index contributed by atoms with van der Waals surface area (Å²) in [6.45, 7) is 8.79. The highest BCUT2D eigenvalue weighted by atomic mass is 79.9. The van der Waals surface area contributed by atoms with E-state index in [-0.39, 0.29) is 5.41 Å². The summed E-state index contributed by atoms with van der Waals surface area (Å²) >= 11 is 3.45. The summed E-state index contributed by atoms with van der Waals surface area (Å²) in [5, 5.41) is 10.3. The molecule has 1 rings (SSSR count). The summed E-state index contributed by atoms with van der Waals surface area (Å²) in [7, 11) is 1.64. The Hall–Kier alpha value is -0.540. The number of rotatable bonds is 4. The molecule has 0 saturated heterocycles. The van der Waals surface area contributed by atoms with Crippen LogP contribution >= 0.6 is 15.9 Å². The molecule has 0 bridgehead atoms. The third-order valence-electron chi connectivity index (χ3n) is 3.62. The highest BCUT2D eigenvalue weighted by Crippen LogP contribution is 2.35. The smallest absolute Gasteiger partial charge is 0.133 e. The second kappa shape index (κ2) is 6.07. The average molecular weight is 315 g/mol. The predicted octanol–water partition coefficient (Wildman–Crippen LogP) is 4.56. The van der Waals surface area contributed by atoms with E-state index >= 15 is 0 Å². The fourth-order valence-electron chi connectivity index (χ4n) is 1.71. The first-order valence-corrected chi connectivity index (χ1v) is 7.06. The maximum Gasteiger partial charge on any atom is 0.133 e. The molecule has 1 aromatic carbocycles. The van der Waals surface area contributed by atoms with Crippen molar-refractivity contribution in [3.05, 3.63) is 28.2 Å². The maximum absolute atomic E-state index is 10.3. The van der Waals surface area contributed by atoms with Crippen LogP contribution in [0.3, 0.4) is 0 Å². The fourth-order valence-corrected chi connectivity index (χ4v) is 2.27. The summed E-state index contributed by atoms with van der Waals surface area (Å²) < 4.78 is 6.07. The van der Waals surface area contributed by atoms with Gasteiger partial charge in [0.25, 0.3) is 0 Å². The molecule has 0 aliphatic carbocycles. The Morgan fingerprint density at radius 1 is 1.33 bits per heavy atom. The average Bonchev–Trinajstić information content (AvgIpc) is 2.27. The van der Waals surface area contributed by atoms with Gasteiger partial charge in [0.1, 0.15) is 5.75 Å². The van der Waals surface area contributed by atoms with Gasteiger partial charge in [0.05, 0.1) is 17.7 Å². The zero-order valence-electron chi connectivity index (χ0n) is 11.8. The SMILES string of the molecule is COc1ccc(C(O)CC(C)C(C)(C)C)cc1Br. The van der Waals surface area contributed by atoms with Gasteiger partial charge in [-0.1, -0.05) is 33.8 Å². The molecule has 2 nitrogen and oxygen atoms in total. The number of hydrogen-bond donors (Lipinski definition) is 1. The van der Waals surface area contributed by atoms with Crippen molar-refractivity contribution in [3.8, 4) is 5.75 Å². The Balaban J connectivity index is 2.79. The summed E-state index contributed by atoms with van der Waals surface area (Å²) in [5.74, 6) is 1.24. The van der Waals surface area contributed by atoms with Gasteiger partial charge >= 0.3 is 0 Å². The number of ether oxygens (including phenoxy) is 1. The van der Waals surface area contributed by atoms with Gasteiger partial charge in [-0.25, -0.2) is 0 Å².